The highest BCUT2D eigenvalue weighted by Crippen LogP contribution is 2.21. The van der Waals surface area contributed by atoms with Gasteiger partial charge in [-0.05, 0) is 69.3 Å². The molecule has 62 heavy (non-hydrogen) atoms. The van der Waals surface area contributed by atoms with E-state index in [-0.39, 0.29) is 31.7 Å². The van der Waals surface area contributed by atoms with Gasteiger partial charge in [0.1, 0.15) is 42.3 Å². The van der Waals surface area contributed by atoms with Gasteiger partial charge in [0, 0.05) is 6.54 Å². The van der Waals surface area contributed by atoms with E-state index < -0.39 is 138 Å². The lowest BCUT2D eigenvalue weighted by molar-refractivity contribution is -0.144. The van der Waals surface area contributed by atoms with Crippen LogP contribution < -0.4 is 48.7 Å². The van der Waals surface area contributed by atoms with Crippen molar-refractivity contribution in [2.24, 2.45) is 29.2 Å². The van der Waals surface area contributed by atoms with Crippen LogP contribution in [0.2, 0.25) is 0 Å². The Hall–Kier alpha value is -5.03. The molecular weight excluding hydrogens is 833 g/mol. The standard InChI is InChI=1S/C39H68N10O12S/c1-18(2)15-25(45-33(54)23(40)16-27(41)51)35(56)46-29(19(3)4)38(59)49-13-10-11-26(49)36(57)44-24(12-14-62-9)34(55)42-17-28(52)43-21(7)32(53)48-31(22(8)50)37(58)47-30(20(5)6)39(60)61/h18-26,29-31,50H,10-17,40H2,1-9H3,(H2,41,51)(H,42,55)(H,43,52)(H,44,57)(H,45,54)(H,46,56)(H,47,58)(H,48,53)(H,60,61)/t21-,22+,23-,24-,25-,26-,29-,30-,31-/m0/s1. The van der Waals surface area contributed by atoms with Gasteiger partial charge in [0.2, 0.25) is 53.2 Å². The Morgan fingerprint density at radius 1 is 0.726 bits per heavy atom. The zero-order valence-corrected chi connectivity index (χ0v) is 37.9. The van der Waals surface area contributed by atoms with Crippen LogP contribution >= 0.6 is 11.8 Å². The van der Waals surface area contributed by atoms with Crippen molar-refractivity contribution >= 4 is 70.9 Å². The van der Waals surface area contributed by atoms with Gasteiger partial charge in [-0.15, -0.1) is 0 Å². The second-order valence-corrected chi connectivity index (χ2v) is 17.5. The number of aliphatic carboxylic acids is 1. The maximum atomic E-state index is 14.0. The van der Waals surface area contributed by atoms with Crippen LogP contribution in [0.25, 0.3) is 0 Å². The number of primary amides is 1. The molecule has 1 rings (SSSR count). The Balaban J connectivity index is 3.01. The molecule has 0 unspecified atom stereocenters. The van der Waals surface area contributed by atoms with E-state index in [0.29, 0.717) is 12.2 Å². The predicted octanol–water partition coefficient (Wildman–Crippen LogP) is -3.20. The zero-order valence-electron chi connectivity index (χ0n) is 37.1. The quantitative estimate of drug-likeness (QED) is 0.0408. The normalized spacial score (nSPS) is 17.6. The first-order valence-electron chi connectivity index (χ1n) is 20.7. The lowest BCUT2D eigenvalue weighted by Crippen LogP contribution is -2.60. The van der Waals surface area contributed by atoms with Crippen molar-refractivity contribution in [3.8, 4) is 0 Å². The molecule has 1 saturated heterocycles. The summed E-state index contributed by atoms with van der Waals surface area (Å²) in [4.78, 5) is 130. The number of carboxylic acid groups (broad SMARTS) is 1. The third-order valence-corrected chi connectivity index (χ3v) is 10.5. The van der Waals surface area contributed by atoms with Gasteiger partial charge < -0.3 is 63.8 Å². The molecule has 1 aliphatic heterocycles. The molecule has 0 bridgehead atoms. The van der Waals surface area contributed by atoms with Crippen molar-refractivity contribution in [3.05, 3.63) is 0 Å². The predicted molar refractivity (Wildman–Crippen MR) is 228 cm³/mol. The van der Waals surface area contributed by atoms with Crippen molar-refractivity contribution in [1.82, 2.24) is 42.1 Å². The van der Waals surface area contributed by atoms with Gasteiger partial charge in [-0.1, -0.05) is 41.5 Å². The fourth-order valence-electron chi connectivity index (χ4n) is 6.40. The van der Waals surface area contributed by atoms with Crippen LogP contribution in [0.5, 0.6) is 0 Å². The average Bonchev–Trinajstić information content (AvgIpc) is 3.67. The van der Waals surface area contributed by atoms with Gasteiger partial charge in [-0.2, -0.15) is 11.8 Å². The van der Waals surface area contributed by atoms with Gasteiger partial charge in [0.25, 0.3) is 0 Å². The SMILES string of the molecule is CSCC[C@H](NC(=O)[C@@H]1CCCN1C(=O)[C@@H](NC(=O)[C@H](CC(C)C)NC(=O)[C@@H](N)CC(N)=O)C(C)C)C(=O)NCC(=O)N[C@@H](C)C(=O)N[C@H](C(=O)N[C@H](C(=O)O)C(C)C)[C@@H](C)O. The van der Waals surface area contributed by atoms with Crippen LogP contribution in [0, 0.1) is 17.8 Å². The van der Waals surface area contributed by atoms with Crippen molar-refractivity contribution in [1.29, 1.82) is 0 Å². The number of aliphatic hydroxyl groups excluding tert-OH is 1. The Morgan fingerprint density at radius 3 is 1.82 bits per heavy atom. The molecular formula is C39H68N10O12S. The number of rotatable bonds is 26. The van der Waals surface area contributed by atoms with E-state index in [0.717, 1.165) is 0 Å². The van der Waals surface area contributed by atoms with Gasteiger partial charge >= 0.3 is 5.97 Å². The van der Waals surface area contributed by atoms with Crippen molar-refractivity contribution in [3.63, 3.8) is 0 Å². The summed E-state index contributed by atoms with van der Waals surface area (Å²) in [6.45, 7) is 12.3. The smallest absolute Gasteiger partial charge is 0.326 e. The van der Waals surface area contributed by atoms with E-state index >= 15 is 0 Å². The molecule has 0 spiro atoms. The lowest BCUT2D eigenvalue weighted by Gasteiger charge is -2.32. The molecule has 0 aromatic carbocycles. The van der Waals surface area contributed by atoms with Gasteiger partial charge in [0.15, 0.2) is 0 Å². The fraction of sp³-hybridized carbons (Fsp3) is 0.744. The number of carbonyl (C=O) groups excluding carboxylic acids is 9. The highest BCUT2D eigenvalue weighted by atomic mass is 32.2. The molecule has 22 nitrogen and oxygen atoms in total. The Labute approximate surface area is 366 Å². The zero-order chi connectivity index (χ0) is 47.6. The molecule has 0 aromatic rings. The fourth-order valence-corrected chi connectivity index (χ4v) is 6.87. The first kappa shape index (κ1) is 55.0. The summed E-state index contributed by atoms with van der Waals surface area (Å²) in [6.07, 6.45) is 0.973. The van der Waals surface area contributed by atoms with Crippen molar-refractivity contribution in [2.75, 3.05) is 25.1 Å². The van der Waals surface area contributed by atoms with E-state index in [2.05, 4.69) is 37.2 Å². The summed E-state index contributed by atoms with van der Waals surface area (Å²) in [5.41, 5.74) is 10.9. The summed E-state index contributed by atoms with van der Waals surface area (Å²) in [5.74, 6) is -8.67. The molecule has 1 fully saturated rings. The topological polar surface area (TPSA) is 351 Å². The molecule has 0 saturated carbocycles. The monoisotopic (exact) mass is 900 g/mol. The molecule has 23 heteroatoms. The number of amides is 9. The molecule has 352 valence electrons. The number of likely N-dealkylation sites (tertiary alicyclic amines) is 1. The highest BCUT2D eigenvalue weighted by Gasteiger charge is 2.41. The first-order chi connectivity index (χ1) is 28.8. The Bertz CT molecular complexity index is 1610. The first-order valence-corrected chi connectivity index (χ1v) is 22.0. The highest BCUT2D eigenvalue weighted by molar-refractivity contribution is 7.98. The number of nitrogens with zero attached hydrogens (tertiary/aromatic N) is 1. The molecule has 9 amide bonds. The van der Waals surface area contributed by atoms with Crippen molar-refractivity contribution in [2.45, 2.75) is 142 Å². The van der Waals surface area contributed by atoms with Crippen LogP contribution in [-0.2, 0) is 47.9 Å². The Morgan fingerprint density at radius 2 is 1.31 bits per heavy atom. The molecule has 0 aromatic heterocycles. The molecule has 0 aliphatic carbocycles. The summed E-state index contributed by atoms with van der Waals surface area (Å²) in [7, 11) is 0. The van der Waals surface area contributed by atoms with Gasteiger partial charge in [0.05, 0.1) is 25.1 Å². The van der Waals surface area contributed by atoms with Crippen LogP contribution in [0.3, 0.4) is 0 Å². The number of nitrogens with one attached hydrogen (secondary N) is 7. The molecule has 9 atom stereocenters. The lowest BCUT2D eigenvalue weighted by atomic mass is 9.99. The number of thioether (sulfide) groups is 1. The number of carbonyl (C=O) groups is 10. The summed E-state index contributed by atoms with van der Waals surface area (Å²) < 4.78 is 0. The number of hydrogen-bond acceptors (Lipinski definition) is 13. The van der Waals surface area contributed by atoms with Crippen molar-refractivity contribution < 1.29 is 58.2 Å². The molecule has 1 heterocycles. The maximum Gasteiger partial charge on any atom is 0.326 e. The van der Waals surface area contributed by atoms with Crippen LogP contribution in [0.15, 0.2) is 0 Å². The van der Waals surface area contributed by atoms with Gasteiger partial charge in [-0.3, -0.25) is 43.2 Å². The minimum absolute atomic E-state index is 0.0677. The average molecular weight is 901 g/mol. The van der Waals surface area contributed by atoms with E-state index in [1.54, 1.807) is 34.0 Å². The third-order valence-electron chi connectivity index (χ3n) is 9.90. The van der Waals surface area contributed by atoms with E-state index in [1.165, 1.54) is 30.5 Å². The van der Waals surface area contributed by atoms with Gasteiger partial charge in [-0.25, -0.2) is 4.79 Å². The van der Waals surface area contributed by atoms with E-state index in [1.807, 2.05) is 13.8 Å². The van der Waals surface area contributed by atoms with Crippen LogP contribution in [-0.4, -0.2) is 154 Å². The molecule has 0 radical (unpaired) electrons. The second-order valence-electron chi connectivity index (χ2n) is 16.5. The number of nitrogens with two attached hydrogens (primary N) is 2. The number of carboxylic acids is 1. The summed E-state index contributed by atoms with van der Waals surface area (Å²) >= 11 is 1.40. The number of aliphatic hydroxyl groups is 1. The number of hydrogen-bond donors (Lipinski definition) is 11. The second kappa shape index (κ2) is 26.4. The van der Waals surface area contributed by atoms with E-state index in [9.17, 15) is 58.2 Å². The van der Waals surface area contributed by atoms with Crippen LogP contribution in [0.1, 0.15) is 87.5 Å². The van der Waals surface area contributed by atoms with Crippen LogP contribution in [0.4, 0.5) is 0 Å². The summed E-state index contributed by atoms with van der Waals surface area (Å²) in [6, 6.07) is -9.73. The maximum absolute atomic E-state index is 14.0. The van der Waals surface area contributed by atoms with E-state index in [4.69, 9.17) is 11.5 Å². The molecule has 13 N–H and O–H groups in total. The minimum atomic E-state index is -1.55. The summed E-state index contributed by atoms with van der Waals surface area (Å²) in [5, 5.41) is 36.9. The Kier molecular flexibility index (Phi) is 23.5. The third kappa shape index (κ3) is 18.1. The minimum Gasteiger partial charge on any atom is -0.480 e. The largest absolute Gasteiger partial charge is 0.480 e. The molecule has 1 aliphatic rings.